The first-order valence-corrected chi connectivity index (χ1v) is 9.76. The van der Waals surface area contributed by atoms with Gasteiger partial charge in [0.2, 0.25) is 0 Å². The Morgan fingerprint density at radius 3 is 2.65 bits per heavy atom. The lowest BCUT2D eigenvalue weighted by molar-refractivity contribution is -0.385. The number of carbonyl (C=O) groups excluding carboxylic acids is 1. The van der Waals surface area contributed by atoms with Crippen molar-refractivity contribution in [2.45, 2.75) is 23.8 Å². The normalized spacial score (nSPS) is 11.6. The molecule has 0 spiro atoms. The van der Waals surface area contributed by atoms with Crippen LogP contribution in [0.25, 0.3) is 0 Å². The van der Waals surface area contributed by atoms with E-state index in [4.69, 9.17) is 9.84 Å². The van der Waals surface area contributed by atoms with Gasteiger partial charge in [0.1, 0.15) is 17.8 Å². The van der Waals surface area contributed by atoms with E-state index in [1.54, 1.807) is 30.3 Å². The summed E-state index contributed by atoms with van der Waals surface area (Å²) < 4.78 is 5.16. The zero-order valence-corrected chi connectivity index (χ0v) is 15.5. The van der Waals surface area contributed by atoms with Crippen LogP contribution in [-0.2, 0) is 11.3 Å². The first-order valence-electron chi connectivity index (χ1n) is 7.55. The van der Waals surface area contributed by atoms with E-state index in [1.165, 1.54) is 33.9 Å². The summed E-state index contributed by atoms with van der Waals surface area (Å²) in [4.78, 5) is 25.9. The van der Waals surface area contributed by atoms with Gasteiger partial charge in [0.25, 0.3) is 5.69 Å². The molecule has 0 saturated carbocycles. The van der Waals surface area contributed by atoms with Gasteiger partial charge in [0, 0.05) is 17.0 Å². The number of hydrogen-bond donors (Lipinski definition) is 2. The van der Waals surface area contributed by atoms with E-state index in [2.05, 4.69) is 10.3 Å². The minimum absolute atomic E-state index is 0.000457. The summed E-state index contributed by atoms with van der Waals surface area (Å²) in [5.41, 5.74) is 1.28. The third-order valence-electron chi connectivity index (χ3n) is 3.06. The maximum Gasteiger partial charge on any atom is 0.411 e. The van der Waals surface area contributed by atoms with Crippen LogP contribution in [0.5, 0.6) is 0 Å². The van der Waals surface area contributed by atoms with Crippen LogP contribution >= 0.6 is 21.6 Å². The number of benzene rings is 1. The molecular weight excluding hydrogens is 378 g/mol. The van der Waals surface area contributed by atoms with Crippen LogP contribution in [0.1, 0.15) is 12.5 Å². The number of pyridine rings is 1. The first kappa shape index (κ1) is 20.0. The highest BCUT2D eigenvalue weighted by molar-refractivity contribution is 8.76. The Kier molecular flexibility index (Phi) is 7.70. The van der Waals surface area contributed by atoms with E-state index in [0.717, 1.165) is 5.56 Å². The van der Waals surface area contributed by atoms with Crippen LogP contribution in [0.4, 0.5) is 16.2 Å². The number of ether oxygens (including phenoxy) is 1. The van der Waals surface area contributed by atoms with Crippen molar-refractivity contribution in [1.82, 2.24) is 4.98 Å². The highest BCUT2D eigenvalue weighted by Gasteiger charge is 2.11. The van der Waals surface area contributed by atoms with Crippen molar-refractivity contribution in [2.75, 3.05) is 11.9 Å². The largest absolute Gasteiger partial charge is 0.448 e. The predicted octanol–water partition coefficient (Wildman–Crippen LogP) is 3.86. The molecule has 2 aromatic rings. The number of nitrogens with zero attached hydrogens (tertiary/aromatic N) is 2. The number of rotatable bonds is 8. The Bertz CT molecular complexity index is 741. The smallest absolute Gasteiger partial charge is 0.411 e. The van der Waals surface area contributed by atoms with Gasteiger partial charge in [-0.25, -0.2) is 9.78 Å². The minimum Gasteiger partial charge on any atom is -0.448 e. The molecule has 0 aliphatic carbocycles. The number of aromatic nitrogens is 1. The molecule has 10 heteroatoms. The summed E-state index contributed by atoms with van der Waals surface area (Å²) in [5.74, 6) is 0. The Morgan fingerprint density at radius 2 is 2.08 bits per heavy atom. The number of amides is 1. The molecule has 0 bridgehead atoms. The maximum atomic E-state index is 11.8. The van der Waals surface area contributed by atoms with Crippen LogP contribution < -0.4 is 5.32 Å². The summed E-state index contributed by atoms with van der Waals surface area (Å²) in [6, 6.07) is 9.75. The Labute approximate surface area is 157 Å². The van der Waals surface area contributed by atoms with Crippen molar-refractivity contribution in [2.24, 2.45) is 0 Å². The monoisotopic (exact) mass is 395 g/mol. The van der Waals surface area contributed by atoms with E-state index in [1.807, 2.05) is 6.92 Å². The van der Waals surface area contributed by atoms with Crippen molar-refractivity contribution in [1.29, 1.82) is 0 Å². The van der Waals surface area contributed by atoms with Gasteiger partial charge in [-0.05, 0) is 41.5 Å². The van der Waals surface area contributed by atoms with E-state index in [0.29, 0.717) is 10.7 Å². The molecule has 0 unspecified atom stereocenters. The zero-order valence-electron chi connectivity index (χ0n) is 13.8. The quantitative estimate of drug-likeness (QED) is 0.393. The van der Waals surface area contributed by atoms with Crippen molar-refractivity contribution in [3.05, 3.63) is 58.3 Å². The van der Waals surface area contributed by atoms with Crippen molar-refractivity contribution in [3.63, 3.8) is 0 Å². The molecule has 2 N–H and O–H groups in total. The highest BCUT2D eigenvalue weighted by atomic mass is 33.1. The van der Waals surface area contributed by atoms with Gasteiger partial charge >= 0.3 is 6.09 Å². The molecule has 8 nitrogen and oxygen atoms in total. The number of aliphatic hydroxyl groups is 1. The molecule has 0 fully saturated rings. The molecule has 1 amide bonds. The third kappa shape index (κ3) is 6.54. The van der Waals surface area contributed by atoms with Gasteiger partial charge in [-0.15, -0.1) is 0 Å². The van der Waals surface area contributed by atoms with Crippen molar-refractivity contribution in [3.8, 4) is 0 Å². The molecule has 1 heterocycles. The number of aliphatic hydroxyl groups excluding tert-OH is 1. The standard InChI is InChI=1S/C16H17N3O5S2/c1-11(25-26-15-7-6-14(8-17-15)19(22)23)10-24-16(21)18-13-4-2-12(9-20)3-5-13/h2-8,11,20H,9-10H2,1H3,(H,18,21)/t11-/m1/s1. The van der Waals surface area contributed by atoms with Gasteiger partial charge in [0.05, 0.1) is 11.5 Å². The fourth-order valence-corrected chi connectivity index (χ4v) is 3.59. The fourth-order valence-electron chi connectivity index (χ4n) is 1.73. The zero-order chi connectivity index (χ0) is 18.9. The van der Waals surface area contributed by atoms with E-state index in [9.17, 15) is 14.9 Å². The van der Waals surface area contributed by atoms with Gasteiger partial charge in [-0.3, -0.25) is 15.4 Å². The minimum atomic E-state index is -0.562. The Morgan fingerprint density at radius 1 is 1.35 bits per heavy atom. The molecule has 0 radical (unpaired) electrons. The predicted molar refractivity (Wildman–Crippen MR) is 101 cm³/mol. The SMILES string of the molecule is C[C@H](COC(=O)Nc1ccc(CO)cc1)SSc1ccc([N+](=O)[O-])cn1. The van der Waals surface area contributed by atoms with Crippen LogP contribution in [0.3, 0.4) is 0 Å². The van der Waals surface area contributed by atoms with E-state index < -0.39 is 11.0 Å². The molecule has 1 aromatic carbocycles. The summed E-state index contributed by atoms with van der Waals surface area (Å²) in [6.45, 7) is 2.04. The lowest BCUT2D eigenvalue weighted by Gasteiger charge is -2.12. The fraction of sp³-hybridized carbons (Fsp3) is 0.250. The van der Waals surface area contributed by atoms with E-state index >= 15 is 0 Å². The molecular formula is C16H17N3O5S2. The highest BCUT2D eigenvalue weighted by Crippen LogP contribution is 2.33. The summed E-state index contributed by atoms with van der Waals surface area (Å²) in [5, 5.41) is 22.8. The van der Waals surface area contributed by atoms with Crippen LogP contribution in [-0.4, -0.2) is 33.0 Å². The molecule has 0 aliphatic heterocycles. The maximum absolute atomic E-state index is 11.8. The van der Waals surface area contributed by atoms with Crippen molar-refractivity contribution >= 4 is 39.1 Å². The number of hydrogen-bond acceptors (Lipinski definition) is 8. The molecule has 0 saturated heterocycles. The number of anilines is 1. The summed E-state index contributed by atoms with van der Waals surface area (Å²) in [7, 11) is 2.80. The first-order chi connectivity index (χ1) is 12.5. The number of nitrogens with one attached hydrogen (secondary N) is 1. The van der Waals surface area contributed by atoms with Crippen LogP contribution in [0.15, 0.2) is 47.6 Å². The number of carbonyl (C=O) groups is 1. The average molecular weight is 395 g/mol. The molecule has 2 rings (SSSR count). The number of nitro groups is 1. The molecule has 1 aromatic heterocycles. The summed E-state index contributed by atoms with van der Waals surface area (Å²) >= 11 is 0. The van der Waals surface area contributed by atoms with E-state index in [-0.39, 0.29) is 24.2 Å². The molecule has 1 atom stereocenters. The average Bonchev–Trinajstić information content (AvgIpc) is 2.65. The summed E-state index contributed by atoms with van der Waals surface area (Å²) in [6.07, 6.45) is 0.646. The topological polar surface area (TPSA) is 115 Å². The molecule has 138 valence electrons. The van der Waals surface area contributed by atoms with Crippen molar-refractivity contribution < 1.29 is 19.6 Å². The van der Waals surface area contributed by atoms with Gasteiger partial charge in [0.15, 0.2) is 0 Å². The van der Waals surface area contributed by atoms with Gasteiger partial charge in [-0.2, -0.15) is 0 Å². The Balaban J connectivity index is 1.70. The second-order valence-corrected chi connectivity index (χ2v) is 7.84. The third-order valence-corrected chi connectivity index (χ3v) is 5.82. The molecule has 0 aliphatic rings. The Hall–Kier alpha value is -2.30. The lowest BCUT2D eigenvalue weighted by Crippen LogP contribution is -2.18. The second-order valence-electron chi connectivity index (χ2n) is 5.18. The van der Waals surface area contributed by atoms with Crippen LogP contribution in [0.2, 0.25) is 0 Å². The van der Waals surface area contributed by atoms with Gasteiger partial charge in [-0.1, -0.05) is 22.9 Å². The van der Waals surface area contributed by atoms with Crippen LogP contribution in [0, 0.1) is 10.1 Å². The lowest BCUT2D eigenvalue weighted by atomic mass is 10.2. The second kappa shape index (κ2) is 10.00. The van der Waals surface area contributed by atoms with Gasteiger partial charge < -0.3 is 9.84 Å². The molecule has 26 heavy (non-hydrogen) atoms.